The first-order valence-electron chi connectivity index (χ1n) is 4.94. The van der Waals surface area contributed by atoms with Gasteiger partial charge in [0.2, 0.25) is 0 Å². The third-order valence-corrected chi connectivity index (χ3v) is 6.30. The Labute approximate surface area is 104 Å². The lowest BCUT2D eigenvalue weighted by Crippen LogP contribution is -2.37. The van der Waals surface area contributed by atoms with Crippen molar-refractivity contribution in [3.8, 4) is 0 Å². The van der Waals surface area contributed by atoms with Gasteiger partial charge in [-0.2, -0.15) is 4.31 Å². The van der Waals surface area contributed by atoms with Crippen molar-refractivity contribution in [3.05, 3.63) is 16.5 Å². The topological polar surface area (TPSA) is 57.6 Å². The van der Waals surface area contributed by atoms with Gasteiger partial charge in [0.1, 0.15) is 4.21 Å². The van der Waals surface area contributed by atoms with Gasteiger partial charge in [-0.05, 0) is 25.0 Å². The lowest BCUT2D eigenvalue weighted by Gasteiger charge is -2.21. The summed E-state index contributed by atoms with van der Waals surface area (Å²) in [5.74, 6) is 0. The summed E-state index contributed by atoms with van der Waals surface area (Å²) in [6.45, 7) is 0.349. The fraction of sp³-hybridized carbons (Fsp3) is 0.556. The Hall–Kier alpha value is -0.140. The van der Waals surface area contributed by atoms with Crippen molar-refractivity contribution in [1.82, 2.24) is 4.31 Å². The maximum Gasteiger partial charge on any atom is 0.252 e. The van der Waals surface area contributed by atoms with Gasteiger partial charge >= 0.3 is 0 Å². The van der Waals surface area contributed by atoms with E-state index in [4.69, 9.17) is 16.7 Å². The summed E-state index contributed by atoms with van der Waals surface area (Å²) >= 11 is 6.78. The number of aliphatic hydroxyl groups excluding tert-OH is 1. The van der Waals surface area contributed by atoms with Crippen molar-refractivity contribution in [2.24, 2.45) is 0 Å². The molecule has 0 saturated carbocycles. The largest absolute Gasteiger partial charge is 0.395 e. The number of sulfonamides is 1. The van der Waals surface area contributed by atoms with Gasteiger partial charge in [-0.15, -0.1) is 11.3 Å². The molecule has 2 rings (SSSR count). The van der Waals surface area contributed by atoms with Crippen LogP contribution in [0.1, 0.15) is 12.8 Å². The third kappa shape index (κ3) is 2.12. The van der Waals surface area contributed by atoms with Crippen molar-refractivity contribution in [2.75, 3.05) is 13.2 Å². The summed E-state index contributed by atoms with van der Waals surface area (Å²) < 4.78 is 26.4. The van der Waals surface area contributed by atoms with Crippen LogP contribution < -0.4 is 0 Å². The molecule has 1 N–H and O–H groups in total. The summed E-state index contributed by atoms with van der Waals surface area (Å²) in [5, 5.41) is 9.12. The molecule has 0 aromatic carbocycles. The molecule has 1 aliphatic rings. The first-order valence-corrected chi connectivity index (χ1v) is 7.57. The van der Waals surface area contributed by atoms with Gasteiger partial charge in [-0.3, -0.25) is 0 Å². The fourth-order valence-corrected chi connectivity index (χ4v) is 5.16. The predicted octanol–water partition coefficient (Wildman–Crippen LogP) is 1.55. The molecule has 1 atom stereocenters. The first kappa shape index (κ1) is 12.3. The van der Waals surface area contributed by atoms with E-state index in [1.807, 2.05) is 0 Å². The van der Waals surface area contributed by atoms with Crippen LogP contribution in [-0.4, -0.2) is 37.0 Å². The molecular weight excluding hydrogens is 270 g/mol. The van der Waals surface area contributed by atoms with Crippen molar-refractivity contribution >= 4 is 33.0 Å². The molecule has 0 bridgehead atoms. The second-order valence-electron chi connectivity index (χ2n) is 3.65. The van der Waals surface area contributed by atoms with E-state index in [0.29, 0.717) is 10.9 Å². The van der Waals surface area contributed by atoms with E-state index in [-0.39, 0.29) is 16.9 Å². The second kappa shape index (κ2) is 4.62. The molecule has 0 amide bonds. The highest BCUT2D eigenvalue weighted by Crippen LogP contribution is 2.31. The van der Waals surface area contributed by atoms with E-state index < -0.39 is 10.0 Å². The maximum atomic E-state index is 12.2. The maximum absolute atomic E-state index is 12.2. The Bertz CT molecular complexity index is 471. The Kier molecular flexibility index (Phi) is 3.56. The fourth-order valence-electron chi connectivity index (χ4n) is 1.86. The molecule has 90 valence electrons. The van der Waals surface area contributed by atoms with E-state index >= 15 is 0 Å². The van der Waals surface area contributed by atoms with Gasteiger partial charge in [0.05, 0.1) is 10.9 Å². The highest BCUT2D eigenvalue weighted by molar-refractivity contribution is 7.91. The van der Waals surface area contributed by atoms with Crippen LogP contribution in [0.15, 0.2) is 16.3 Å². The molecule has 1 aromatic heterocycles. The van der Waals surface area contributed by atoms with Gasteiger partial charge in [-0.1, -0.05) is 11.6 Å². The van der Waals surface area contributed by atoms with Gasteiger partial charge in [0.15, 0.2) is 0 Å². The van der Waals surface area contributed by atoms with Gasteiger partial charge < -0.3 is 5.11 Å². The van der Waals surface area contributed by atoms with Gasteiger partial charge in [-0.25, -0.2) is 8.42 Å². The zero-order valence-electron chi connectivity index (χ0n) is 8.47. The minimum atomic E-state index is -3.47. The number of nitrogens with zero attached hydrogens (tertiary/aromatic N) is 1. The predicted molar refractivity (Wildman–Crippen MR) is 63.3 cm³/mol. The summed E-state index contributed by atoms with van der Waals surface area (Å²) in [6, 6.07) is 2.80. The molecule has 1 fully saturated rings. The molecule has 4 nitrogen and oxygen atoms in total. The average molecular weight is 282 g/mol. The molecule has 16 heavy (non-hydrogen) atoms. The van der Waals surface area contributed by atoms with Crippen LogP contribution in [0.3, 0.4) is 0 Å². The third-order valence-electron chi connectivity index (χ3n) is 2.65. The van der Waals surface area contributed by atoms with Crippen LogP contribution in [0, 0.1) is 0 Å². The number of hydrogen-bond acceptors (Lipinski definition) is 4. The molecule has 0 spiro atoms. The first-order chi connectivity index (χ1) is 7.55. The Morgan fingerprint density at radius 3 is 2.88 bits per heavy atom. The highest BCUT2D eigenvalue weighted by Gasteiger charge is 2.35. The van der Waals surface area contributed by atoms with Crippen LogP contribution >= 0.6 is 22.9 Å². The Balaban J connectivity index is 2.32. The SMILES string of the molecule is O=S(=O)(c1ccc(Cl)s1)N1CCC[C@H]1CO. The zero-order chi connectivity index (χ0) is 11.8. The van der Waals surface area contributed by atoms with Crippen molar-refractivity contribution in [1.29, 1.82) is 0 Å². The molecule has 7 heteroatoms. The van der Waals surface area contributed by atoms with E-state index in [1.165, 1.54) is 10.4 Å². The quantitative estimate of drug-likeness (QED) is 0.914. The number of thiophene rings is 1. The molecular formula is C9H12ClNO3S2. The Morgan fingerprint density at radius 1 is 1.56 bits per heavy atom. The van der Waals surface area contributed by atoms with Gasteiger partial charge in [0.25, 0.3) is 10.0 Å². The normalized spacial score (nSPS) is 22.8. The summed E-state index contributed by atoms with van der Waals surface area (Å²) in [7, 11) is -3.47. The minimum absolute atomic E-state index is 0.127. The standard InChI is InChI=1S/C9H12ClNO3S2/c10-8-3-4-9(15-8)16(13,14)11-5-1-2-7(11)6-12/h3-4,7,12H,1-2,5-6H2/t7-/m0/s1. The zero-order valence-corrected chi connectivity index (χ0v) is 10.9. The number of halogens is 1. The molecule has 1 saturated heterocycles. The lowest BCUT2D eigenvalue weighted by molar-refractivity contribution is 0.213. The van der Waals surface area contributed by atoms with Crippen LogP contribution in [0.2, 0.25) is 4.34 Å². The number of aliphatic hydroxyl groups is 1. The summed E-state index contributed by atoms with van der Waals surface area (Å²) in [4.78, 5) is 0. The van der Waals surface area contributed by atoms with Crippen molar-refractivity contribution in [3.63, 3.8) is 0 Å². The van der Waals surface area contributed by atoms with E-state index in [0.717, 1.165) is 24.2 Å². The van der Waals surface area contributed by atoms with Crippen LogP contribution in [0.5, 0.6) is 0 Å². The Morgan fingerprint density at radius 2 is 2.31 bits per heavy atom. The number of rotatable bonds is 3. The van der Waals surface area contributed by atoms with Crippen LogP contribution in [-0.2, 0) is 10.0 Å². The smallest absolute Gasteiger partial charge is 0.252 e. The molecule has 1 aromatic rings. The molecule has 0 unspecified atom stereocenters. The molecule has 0 aliphatic carbocycles. The second-order valence-corrected chi connectivity index (χ2v) is 7.49. The van der Waals surface area contributed by atoms with Crippen LogP contribution in [0.4, 0.5) is 0 Å². The minimum Gasteiger partial charge on any atom is -0.395 e. The highest BCUT2D eigenvalue weighted by atomic mass is 35.5. The van der Waals surface area contributed by atoms with Crippen molar-refractivity contribution in [2.45, 2.75) is 23.1 Å². The molecule has 1 aliphatic heterocycles. The van der Waals surface area contributed by atoms with Crippen molar-refractivity contribution < 1.29 is 13.5 Å². The van der Waals surface area contributed by atoms with Crippen LogP contribution in [0.25, 0.3) is 0 Å². The van der Waals surface area contributed by atoms with E-state index in [9.17, 15) is 8.42 Å². The van der Waals surface area contributed by atoms with E-state index in [2.05, 4.69) is 0 Å². The summed E-state index contributed by atoms with van der Waals surface area (Å²) in [5.41, 5.74) is 0. The summed E-state index contributed by atoms with van der Waals surface area (Å²) in [6.07, 6.45) is 1.51. The van der Waals surface area contributed by atoms with Gasteiger partial charge in [0, 0.05) is 12.6 Å². The average Bonchev–Trinajstić information content (AvgIpc) is 2.85. The monoisotopic (exact) mass is 281 g/mol. The number of hydrogen-bond donors (Lipinski definition) is 1. The molecule has 2 heterocycles. The lowest BCUT2D eigenvalue weighted by atomic mass is 10.2. The van der Waals surface area contributed by atoms with E-state index in [1.54, 1.807) is 6.07 Å². The molecule has 0 radical (unpaired) electrons.